The molecule has 9 heteroatoms. The fourth-order valence-corrected chi connectivity index (χ4v) is 3.66. The molecule has 9 nitrogen and oxygen atoms in total. The Labute approximate surface area is 150 Å². The maximum absolute atomic E-state index is 13.0. The molecule has 1 aromatic rings. The molecule has 1 saturated heterocycles. The number of H-pyrrole nitrogens is 1. The number of hydrogen-bond donors (Lipinski definition) is 3. The minimum absolute atomic E-state index is 0.0624. The second-order valence-corrected chi connectivity index (χ2v) is 6.87. The number of nitrogens with one attached hydrogen (secondary N) is 2. The van der Waals surface area contributed by atoms with Crippen molar-refractivity contribution >= 4 is 23.5 Å². The molecule has 1 aliphatic heterocycles. The highest BCUT2D eigenvalue weighted by molar-refractivity contribution is 5.94. The number of Topliss-reactive ketones (excluding diaryl/α,β-unsaturated/α-hetero) is 1. The van der Waals surface area contributed by atoms with Gasteiger partial charge >= 0.3 is 0 Å². The third-order valence-electron chi connectivity index (χ3n) is 5.05. The fourth-order valence-electron chi connectivity index (χ4n) is 3.66. The maximum atomic E-state index is 13.0. The smallest absolute Gasteiger partial charge is 0.246 e. The first-order valence-corrected chi connectivity index (χ1v) is 8.86. The van der Waals surface area contributed by atoms with Gasteiger partial charge in [-0.15, -0.1) is 0 Å². The number of rotatable bonds is 6. The van der Waals surface area contributed by atoms with Crippen molar-refractivity contribution in [2.75, 3.05) is 6.54 Å². The number of aromatic amines is 1. The van der Waals surface area contributed by atoms with Gasteiger partial charge in [0.25, 0.3) is 0 Å². The molecule has 2 aliphatic rings. The van der Waals surface area contributed by atoms with Crippen molar-refractivity contribution in [3.8, 4) is 0 Å². The van der Waals surface area contributed by atoms with Gasteiger partial charge in [-0.25, -0.2) is 4.98 Å². The molecular weight excluding hydrogens is 338 g/mol. The summed E-state index contributed by atoms with van der Waals surface area (Å²) in [5, 5.41) is 2.76. The lowest BCUT2D eigenvalue weighted by atomic mass is 10.1. The summed E-state index contributed by atoms with van der Waals surface area (Å²) < 4.78 is 0. The number of hydrogen-bond acceptors (Lipinski definition) is 5. The molecule has 2 heterocycles. The van der Waals surface area contributed by atoms with Crippen molar-refractivity contribution in [2.45, 2.75) is 50.6 Å². The molecule has 26 heavy (non-hydrogen) atoms. The molecular formula is C17H23N5O4. The van der Waals surface area contributed by atoms with Gasteiger partial charge in [0.05, 0.1) is 0 Å². The molecule has 0 radical (unpaired) electrons. The van der Waals surface area contributed by atoms with Gasteiger partial charge in [-0.3, -0.25) is 19.2 Å². The van der Waals surface area contributed by atoms with E-state index in [1.165, 1.54) is 4.90 Å². The van der Waals surface area contributed by atoms with Crippen molar-refractivity contribution in [2.24, 2.45) is 11.7 Å². The van der Waals surface area contributed by atoms with Crippen LogP contribution in [0.25, 0.3) is 0 Å². The van der Waals surface area contributed by atoms with E-state index in [1.807, 2.05) is 0 Å². The summed E-state index contributed by atoms with van der Waals surface area (Å²) in [7, 11) is 0. The summed E-state index contributed by atoms with van der Waals surface area (Å²) in [6, 6.07) is -1.50. The van der Waals surface area contributed by atoms with E-state index in [-0.39, 0.29) is 30.4 Å². The number of primary amides is 1. The molecule has 1 aliphatic carbocycles. The van der Waals surface area contributed by atoms with Crippen LogP contribution in [0.3, 0.4) is 0 Å². The summed E-state index contributed by atoms with van der Waals surface area (Å²) in [6.45, 7) is 0.429. The SMILES string of the molecule is NC(=O)[C@@H]1CCCN1C(=O)[C@H](Cc1ncc[nH]1)NC(=O)[C@@H]1CCC(=O)C1. The molecule has 0 aromatic carbocycles. The van der Waals surface area contributed by atoms with Crippen LogP contribution in [0.2, 0.25) is 0 Å². The molecule has 0 spiro atoms. The summed E-state index contributed by atoms with van der Waals surface area (Å²) in [5.74, 6) is -0.982. The molecule has 0 unspecified atom stereocenters. The van der Waals surface area contributed by atoms with Crippen LogP contribution in [0.15, 0.2) is 12.4 Å². The number of amides is 3. The molecule has 2 fully saturated rings. The molecule has 3 atom stereocenters. The number of likely N-dealkylation sites (tertiary alicyclic amines) is 1. The molecule has 1 saturated carbocycles. The van der Waals surface area contributed by atoms with Crippen molar-refractivity contribution in [3.05, 3.63) is 18.2 Å². The van der Waals surface area contributed by atoms with E-state index >= 15 is 0 Å². The second-order valence-electron chi connectivity index (χ2n) is 6.87. The predicted octanol–water partition coefficient (Wildman–Crippen LogP) is -0.717. The highest BCUT2D eigenvalue weighted by Gasteiger charge is 2.38. The minimum atomic E-state index is -0.857. The number of ketones is 1. The summed E-state index contributed by atoms with van der Waals surface area (Å²) >= 11 is 0. The van der Waals surface area contributed by atoms with Crippen molar-refractivity contribution in [1.29, 1.82) is 0 Å². The zero-order valence-corrected chi connectivity index (χ0v) is 14.4. The van der Waals surface area contributed by atoms with E-state index in [0.29, 0.717) is 38.1 Å². The molecule has 1 aromatic heterocycles. The van der Waals surface area contributed by atoms with Crippen LogP contribution in [0.5, 0.6) is 0 Å². The summed E-state index contributed by atoms with van der Waals surface area (Å²) in [4.78, 5) is 57.0. The maximum Gasteiger partial charge on any atom is 0.246 e. The predicted molar refractivity (Wildman–Crippen MR) is 90.5 cm³/mol. The quantitative estimate of drug-likeness (QED) is 0.614. The molecule has 3 rings (SSSR count). The number of carbonyl (C=O) groups excluding carboxylic acids is 4. The largest absolute Gasteiger partial charge is 0.368 e. The summed E-state index contributed by atoms with van der Waals surface area (Å²) in [5.41, 5.74) is 5.40. The number of nitrogens with two attached hydrogens (primary N) is 1. The van der Waals surface area contributed by atoms with E-state index in [9.17, 15) is 19.2 Å². The minimum Gasteiger partial charge on any atom is -0.368 e. The van der Waals surface area contributed by atoms with Crippen LogP contribution < -0.4 is 11.1 Å². The van der Waals surface area contributed by atoms with Crippen LogP contribution >= 0.6 is 0 Å². The summed E-state index contributed by atoms with van der Waals surface area (Å²) in [6.07, 6.45) is 5.70. The molecule has 140 valence electrons. The van der Waals surface area contributed by atoms with E-state index in [1.54, 1.807) is 12.4 Å². The van der Waals surface area contributed by atoms with Gasteiger partial charge in [-0.1, -0.05) is 0 Å². The van der Waals surface area contributed by atoms with E-state index in [0.717, 1.165) is 0 Å². The van der Waals surface area contributed by atoms with Crippen molar-refractivity contribution in [1.82, 2.24) is 20.2 Å². The van der Waals surface area contributed by atoms with Crippen LogP contribution in [0.1, 0.15) is 37.9 Å². The third kappa shape index (κ3) is 3.92. The highest BCUT2D eigenvalue weighted by Crippen LogP contribution is 2.23. The van der Waals surface area contributed by atoms with Gasteiger partial charge in [0, 0.05) is 44.1 Å². The standard InChI is InChI=1S/C17H23N5O4/c18-15(24)13-2-1-7-22(13)17(26)12(9-14-19-5-6-20-14)21-16(25)10-3-4-11(23)8-10/h5-6,10,12-13H,1-4,7-9H2,(H2,18,24)(H,19,20)(H,21,25)/t10-,12+,13+/m1/s1. The van der Waals surface area contributed by atoms with Crippen LogP contribution in [0.4, 0.5) is 0 Å². The monoisotopic (exact) mass is 361 g/mol. The Hall–Kier alpha value is -2.71. The van der Waals surface area contributed by atoms with E-state index in [2.05, 4.69) is 15.3 Å². The topological polar surface area (TPSA) is 138 Å². The third-order valence-corrected chi connectivity index (χ3v) is 5.05. The Morgan fingerprint density at radius 1 is 1.38 bits per heavy atom. The van der Waals surface area contributed by atoms with Gasteiger partial charge < -0.3 is 20.9 Å². The fraction of sp³-hybridized carbons (Fsp3) is 0.588. The lowest BCUT2D eigenvalue weighted by molar-refractivity contribution is -0.141. The first kappa shape index (κ1) is 18.1. The van der Waals surface area contributed by atoms with Gasteiger partial charge in [-0.2, -0.15) is 0 Å². The average Bonchev–Trinajstić information content (AvgIpc) is 3.34. The first-order valence-electron chi connectivity index (χ1n) is 8.86. The van der Waals surface area contributed by atoms with Crippen molar-refractivity contribution in [3.63, 3.8) is 0 Å². The van der Waals surface area contributed by atoms with Crippen molar-refractivity contribution < 1.29 is 19.2 Å². The molecule has 3 amide bonds. The Bertz CT molecular complexity index is 702. The number of aromatic nitrogens is 2. The van der Waals surface area contributed by atoms with Crippen LogP contribution in [0, 0.1) is 5.92 Å². The molecule has 4 N–H and O–H groups in total. The number of carbonyl (C=O) groups is 4. The average molecular weight is 361 g/mol. The number of nitrogens with zero attached hydrogens (tertiary/aromatic N) is 2. The van der Waals surface area contributed by atoms with Gasteiger partial charge in [-0.05, 0) is 19.3 Å². The van der Waals surface area contributed by atoms with Gasteiger partial charge in [0.1, 0.15) is 23.7 Å². The highest BCUT2D eigenvalue weighted by atomic mass is 16.2. The van der Waals surface area contributed by atoms with E-state index < -0.39 is 23.9 Å². The van der Waals surface area contributed by atoms with Gasteiger partial charge in [0.2, 0.25) is 17.7 Å². The lowest BCUT2D eigenvalue weighted by Gasteiger charge is -2.28. The normalized spacial score (nSPS) is 23.8. The molecule has 0 bridgehead atoms. The Kier molecular flexibility index (Phi) is 5.34. The first-order chi connectivity index (χ1) is 12.5. The van der Waals surface area contributed by atoms with Crippen LogP contribution in [-0.2, 0) is 25.6 Å². The number of imidazole rings is 1. The van der Waals surface area contributed by atoms with Gasteiger partial charge in [0.15, 0.2) is 0 Å². The van der Waals surface area contributed by atoms with Crippen LogP contribution in [-0.4, -0.2) is 57.0 Å². The Morgan fingerprint density at radius 3 is 2.81 bits per heavy atom. The Morgan fingerprint density at radius 2 is 2.19 bits per heavy atom. The lowest BCUT2D eigenvalue weighted by Crippen LogP contribution is -2.54. The zero-order valence-electron chi connectivity index (χ0n) is 14.4. The Balaban J connectivity index is 1.74. The second kappa shape index (κ2) is 7.67. The van der Waals surface area contributed by atoms with E-state index in [4.69, 9.17) is 5.73 Å². The zero-order chi connectivity index (χ0) is 18.7.